The van der Waals surface area contributed by atoms with Gasteiger partial charge in [-0.05, 0) is 30.5 Å². The van der Waals surface area contributed by atoms with Gasteiger partial charge in [0.05, 0.1) is 0 Å². The van der Waals surface area contributed by atoms with E-state index in [9.17, 15) is 0 Å². The second-order valence-corrected chi connectivity index (χ2v) is 6.85. The average Bonchev–Trinajstić information content (AvgIpc) is 2.49. The van der Waals surface area contributed by atoms with Crippen LogP contribution in [0, 0.1) is 6.92 Å². The predicted molar refractivity (Wildman–Crippen MR) is 94.9 cm³/mol. The largest absolute Gasteiger partial charge is 0.326 e. The zero-order valence-electron chi connectivity index (χ0n) is 12.6. The van der Waals surface area contributed by atoms with Crippen LogP contribution in [-0.2, 0) is 5.75 Å². The summed E-state index contributed by atoms with van der Waals surface area (Å²) in [7, 11) is 0. The highest BCUT2D eigenvalue weighted by atomic mass is 35.5. The lowest BCUT2D eigenvalue weighted by Crippen LogP contribution is -2.25. The summed E-state index contributed by atoms with van der Waals surface area (Å²) >= 11 is 8.12. The van der Waals surface area contributed by atoms with Gasteiger partial charge in [-0.25, -0.2) is 0 Å². The molecule has 2 aromatic carbocycles. The smallest absolute Gasteiger partial charge is 0.0451 e. The highest BCUT2D eigenvalue weighted by Gasteiger charge is 2.19. The second-order valence-electron chi connectivity index (χ2n) is 5.31. The van der Waals surface area contributed by atoms with E-state index in [2.05, 4.69) is 44.2 Å². The summed E-state index contributed by atoms with van der Waals surface area (Å²) in [6.45, 7) is 4.26. The van der Waals surface area contributed by atoms with E-state index < -0.39 is 0 Å². The SMILES string of the molecule is CCC(N)C(SCc1ccccc1Cl)c1cccc(C)c1. The van der Waals surface area contributed by atoms with Crippen LogP contribution >= 0.6 is 23.4 Å². The molecule has 0 bridgehead atoms. The maximum atomic E-state index is 6.35. The molecule has 0 radical (unpaired) electrons. The highest BCUT2D eigenvalue weighted by molar-refractivity contribution is 7.98. The van der Waals surface area contributed by atoms with Crippen molar-refractivity contribution in [1.29, 1.82) is 0 Å². The molecule has 0 aliphatic carbocycles. The summed E-state index contributed by atoms with van der Waals surface area (Å²) in [6, 6.07) is 16.8. The molecule has 2 atom stereocenters. The van der Waals surface area contributed by atoms with E-state index in [0.717, 1.165) is 17.2 Å². The summed E-state index contributed by atoms with van der Waals surface area (Å²) in [4.78, 5) is 0. The minimum absolute atomic E-state index is 0.152. The number of rotatable bonds is 6. The molecule has 21 heavy (non-hydrogen) atoms. The van der Waals surface area contributed by atoms with Crippen LogP contribution in [0.4, 0.5) is 0 Å². The molecule has 0 saturated heterocycles. The molecule has 0 spiro atoms. The Bertz CT molecular complexity index is 585. The van der Waals surface area contributed by atoms with Gasteiger partial charge in [-0.1, -0.05) is 66.6 Å². The van der Waals surface area contributed by atoms with Crippen LogP contribution in [0.2, 0.25) is 5.02 Å². The molecule has 0 fully saturated rings. The number of benzene rings is 2. The average molecular weight is 320 g/mol. The molecular weight excluding hydrogens is 298 g/mol. The first kappa shape index (κ1) is 16.4. The number of nitrogens with two attached hydrogens (primary N) is 1. The van der Waals surface area contributed by atoms with Gasteiger partial charge >= 0.3 is 0 Å². The molecule has 2 unspecified atom stereocenters. The van der Waals surface area contributed by atoms with Crippen LogP contribution in [0.5, 0.6) is 0 Å². The lowest BCUT2D eigenvalue weighted by molar-refractivity contribution is 0.634. The van der Waals surface area contributed by atoms with Crippen LogP contribution in [0.1, 0.15) is 35.3 Å². The molecular formula is C18H22ClNS. The Hall–Kier alpha value is -0.960. The van der Waals surface area contributed by atoms with Crippen molar-refractivity contribution >= 4 is 23.4 Å². The molecule has 112 valence electrons. The molecule has 0 aromatic heterocycles. The Labute approximate surface area is 136 Å². The van der Waals surface area contributed by atoms with Gasteiger partial charge in [0, 0.05) is 22.1 Å². The predicted octanol–water partition coefficient (Wildman–Crippen LogP) is 5.36. The van der Waals surface area contributed by atoms with Gasteiger partial charge in [0.15, 0.2) is 0 Å². The number of hydrogen-bond donors (Lipinski definition) is 1. The number of hydrogen-bond acceptors (Lipinski definition) is 2. The topological polar surface area (TPSA) is 26.0 Å². The minimum Gasteiger partial charge on any atom is -0.326 e. The lowest BCUT2D eigenvalue weighted by Gasteiger charge is -2.23. The van der Waals surface area contributed by atoms with E-state index >= 15 is 0 Å². The summed E-state index contributed by atoms with van der Waals surface area (Å²) < 4.78 is 0. The maximum Gasteiger partial charge on any atom is 0.0451 e. The van der Waals surface area contributed by atoms with Crippen LogP contribution in [0.15, 0.2) is 48.5 Å². The lowest BCUT2D eigenvalue weighted by atomic mass is 10.0. The normalized spacial score (nSPS) is 13.9. The molecule has 1 nitrogen and oxygen atoms in total. The van der Waals surface area contributed by atoms with Gasteiger partial charge in [-0.3, -0.25) is 0 Å². The van der Waals surface area contributed by atoms with E-state index in [4.69, 9.17) is 17.3 Å². The Morgan fingerprint density at radius 3 is 2.57 bits per heavy atom. The number of thioether (sulfide) groups is 1. The molecule has 2 aromatic rings. The third-order valence-corrected chi connectivity index (χ3v) is 5.43. The maximum absolute atomic E-state index is 6.35. The first-order valence-corrected chi connectivity index (χ1v) is 8.71. The minimum atomic E-state index is 0.152. The van der Waals surface area contributed by atoms with E-state index in [0.29, 0.717) is 5.25 Å². The quantitative estimate of drug-likeness (QED) is 0.775. The van der Waals surface area contributed by atoms with Gasteiger partial charge in [0.1, 0.15) is 0 Å². The molecule has 2 N–H and O–H groups in total. The number of aryl methyl sites for hydroxylation is 1. The summed E-state index contributed by atoms with van der Waals surface area (Å²) in [6.07, 6.45) is 0.966. The van der Waals surface area contributed by atoms with Gasteiger partial charge in [-0.15, -0.1) is 11.8 Å². The van der Waals surface area contributed by atoms with Gasteiger partial charge in [0.25, 0.3) is 0 Å². The van der Waals surface area contributed by atoms with Gasteiger partial charge in [0.2, 0.25) is 0 Å². The fourth-order valence-electron chi connectivity index (χ4n) is 2.32. The van der Waals surface area contributed by atoms with Crippen molar-refractivity contribution in [2.45, 2.75) is 37.3 Å². The standard InChI is InChI=1S/C18H22ClNS/c1-3-17(20)18(14-9-6-7-13(2)11-14)21-12-15-8-4-5-10-16(15)19/h4-11,17-18H,3,12,20H2,1-2H3. The Kier molecular flexibility index (Phi) is 6.16. The van der Waals surface area contributed by atoms with Crippen LogP contribution in [0.25, 0.3) is 0 Å². The molecule has 0 heterocycles. The highest BCUT2D eigenvalue weighted by Crippen LogP contribution is 2.36. The van der Waals surface area contributed by atoms with E-state index in [1.807, 2.05) is 30.0 Å². The number of halogens is 1. The van der Waals surface area contributed by atoms with Crippen molar-refractivity contribution in [2.75, 3.05) is 0 Å². The zero-order valence-corrected chi connectivity index (χ0v) is 14.1. The summed E-state index contributed by atoms with van der Waals surface area (Å²) in [5.41, 5.74) is 10.1. The molecule has 0 amide bonds. The van der Waals surface area contributed by atoms with Crippen molar-refractivity contribution in [2.24, 2.45) is 5.73 Å². The fourth-order valence-corrected chi connectivity index (χ4v) is 3.99. The fraction of sp³-hybridized carbons (Fsp3) is 0.333. The zero-order chi connectivity index (χ0) is 15.2. The first-order chi connectivity index (χ1) is 10.1. The van der Waals surface area contributed by atoms with Gasteiger partial charge < -0.3 is 5.73 Å². The Morgan fingerprint density at radius 2 is 1.90 bits per heavy atom. The Balaban J connectivity index is 2.16. The van der Waals surface area contributed by atoms with E-state index in [1.165, 1.54) is 16.7 Å². The van der Waals surface area contributed by atoms with E-state index in [-0.39, 0.29) is 6.04 Å². The molecule has 0 saturated carbocycles. The van der Waals surface area contributed by atoms with Crippen LogP contribution in [-0.4, -0.2) is 6.04 Å². The Morgan fingerprint density at radius 1 is 1.14 bits per heavy atom. The third-order valence-electron chi connectivity index (χ3n) is 3.61. The molecule has 2 rings (SSSR count). The third kappa shape index (κ3) is 4.50. The molecule has 0 aliphatic heterocycles. The van der Waals surface area contributed by atoms with Crippen molar-refractivity contribution in [1.82, 2.24) is 0 Å². The summed E-state index contributed by atoms with van der Waals surface area (Å²) in [5, 5.41) is 1.13. The van der Waals surface area contributed by atoms with Crippen molar-refractivity contribution < 1.29 is 0 Å². The van der Waals surface area contributed by atoms with Crippen molar-refractivity contribution in [3.8, 4) is 0 Å². The van der Waals surface area contributed by atoms with Crippen molar-refractivity contribution in [3.63, 3.8) is 0 Å². The monoisotopic (exact) mass is 319 g/mol. The van der Waals surface area contributed by atoms with Crippen LogP contribution in [0.3, 0.4) is 0 Å². The van der Waals surface area contributed by atoms with E-state index in [1.54, 1.807) is 0 Å². The van der Waals surface area contributed by atoms with Crippen molar-refractivity contribution in [3.05, 3.63) is 70.2 Å². The second kappa shape index (κ2) is 7.88. The first-order valence-electron chi connectivity index (χ1n) is 7.29. The molecule has 3 heteroatoms. The summed E-state index contributed by atoms with van der Waals surface area (Å²) in [5.74, 6) is 0.881. The van der Waals surface area contributed by atoms with Gasteiger partial charge in [-0.2, -0.15) is 0 Å². The van der Waals surface area contributed by atoms with Crippen LogP contribution < -0.4 is 5.73 Å². The molecule has 0 aliphatic rings.